The first-order valence-corrected chi connectivity index (χ1v) is 6.84. The van der Waals surface area contributed by atoms with Crippen molar-refractivity contribution >= 4 is 23.4 Å². The summed E-state index contributed by atoms with van der Waals surface area (Å²) in [5, 5.41) is 0.252. The van der Waals surface area contributed by atoms with Crippen LogP contribution in [-0.4, -0.2) is 49.8 Å². The molecule has 0 fully saturated rings. The third kappa shape index (κ3) is 4.23. The van der Waals surface area contributed by atoms with Crippen molar-refractivity contribution in [1.82, 2.24) is 9.88 Å². The van der Waals surface area contributed by atoms with E-state index < -0.39 is 5.82 Å². The number of halogens is 2. The Morgan fingerprint density at radius 1 is 1.43 bits per heavy atom. The van der Waals surface area contributed by atoms with Gasteiger partial charge in [-0.05, 0) is 6.07 Å². The van der Waals surface area contributed by atoms with Crippen LogP contribution >= 0.6 is 11.6 Å². The fraction of sp³-hybridized carbons (Fsp3) is 0.429. The standard InChI is InChI=1S/C14H17ClFN3O2/c1-20-13(21-2)3-4-19-8-10(6-17-9-19)12-5-11(16)7-18-14(12)15/h5-8,13H,3-4,9H2,1-2H3. The number of methoxy groups -OCH3 is 2. The van der Waals surface area contributed by atoms with Crippen LogP contribution in [0.15, 0.2) is 23.5 Å². The van der Waals surface area contributed by atoms with E-state index in [0.717, 1.165) is 11.8 Å². The molecular weight excluding hydrogens is 297 g/mol. The predicted octanol–water partition coefficient (Wildman–Crippen LogP) is 2.57. The lowest BCUT2D eigenvalue weighted by Crippen LogP contribution is -2.26. The predicted molar refractivity (Wildman–Crippen MR) is 79.7 cm³/mol. The van der Waals surface area contributed by atoms with Crippen LogP contribution in [0.5, 0.6) is 0 Å². The van der Waals surface area contributed by atoms with Gasteiger partial charge in [0.25, 0.3) is 0 Å². The van der Waals surface area contributed by atoms with E-state index in [4.69, 9.17) is 21.1 Å². The minimum atomic E-state index is -0.431. The minimum absolute atomic E-state index is 0.252. The van der Waals surface area contributed by atoms with Gasteiger partial charge in [0, 0.05) is 50.7 Å². The van der Waals surface area contributed by atoms with Crippen LogP contribution in [0.4, 0.5) is 4.39 Å². The maximum Gasteiger partial charge on any atom is 0.158 e. The number of aromatic nitrogens is 1. The van der Waals surface area contributed by atoms with Gasteiger partial charge in [0.05, 0.1) is 6.20 Å². The van der Waals surface area contributed by atoms with E-state index in [1.165, 1.54) is 6.07 Å². The second-order valence-corrected chi connectivity index (χ2v) is 4.89. The van der Waals surface area contributed by atoms with Crippen LogP contribution in [-0.2, 0) is 9.47 Å². The lowest BCUT2D eigenvalue weighted by atomic mass is 10.1. The van der Waals surface area contributed by atoms with Crippen LogP contribution in [0.25, 0.3) is 5.57 Å². The summed E-state index contributed by atoms with van der Waals surface area (Å²) < 4.78 is 23.6. The maximum atomic E-state index is 13.3. The molecule has 0 radical (unpaired) electrons. The highest BCUT2D eigenvalue weighted by Crippen LogP contribution is 2.23. The third-order valence-corrected chi connectivity index (χ3v) is 3.41. The SMILES string of the molecule is COC(CCN1C=C(c2cc(F)cnc2Cl)C=NC1)OC. The summed E-state index contributed by atoms with van der Waals surface area (Å²) in [5.74, 6) is -0.431. The maximum absolute atomic E-state index is 13.3. The Kier molecular flexibility index (Phi) is 5.67. The summed E-state index contributed by atoms with van der Waals surface area (Å²) in [5.41, 5.74) is 1.25. The Bertz CT molecular complexity index is 547. The lowest BCUT2D eigenvalue weighted by Gasteiger charge is -2.24. The minimum Gasteiger partial charge on any atom is -0.358 e. The number of aliphatic imine (C=N–C) groups is 1. The van der Waals surface area contributed by atoms with Crippen molar-refractivity contribution in [2.24, 2.45) is 4.99 Å². The van der Waals surface area contributed by atoms with Crippen LogP contribution in [0, 0.1) is 5.82 Å². The number of ether oxygens (including phenoxy) is 2. The first-order chi connectivity index (χ1) is 10.1. The molecule has 0 bridgehead atoms. The highest BCUT2D eigenvalue weighted by molar-refractivity contribution is 6.32. The number of nitrogens with zero attached hydrogens (tertiary/aromatic N) is 3. The molecule has 0 saturated heterocycles. The average Bonchev–Trinajstić information content (AvgIpc) is 2.51. The fourth-order valence-electron chi connectivity index (χ4n) is 2.02. The molecule has 0 unspecified atom stereocenters. The quantitative estimate of drug-likeness (QED) is 0.598. The Labute approximate surface area is 128 Å². The zero-order valence-electron chi connectivity index (χ0n) is 11.9. The van der Waals surface area contributed by atoms with Gasteiger partial charge in [0.2, 0.25) is 0 Å². The zero-order chi connectivity index (χ0) is 15.2. The van der Waals surface area contributed by atoms with Gasteiger partial charge < -0.3 is 14.4 Å². The molecule has 21 heavy (non-hydrogen) atoms. The zero-order valence-corrected chi connectivity index (χ0v) is 12.7. The molecule has 2 rings (SSSR count). The van der Waals surface area contributed by atoms with Crippen LogP contribution in [0.1, 0.15) is 12.0 Å². The lowest BCUT2D eigenvalue weighted by molar-refractivity contribution is -0.108. The molecule has 0 spiro atoms. The van der Waals surface area contributed by atoms with E-state index >= 15 is 0 Å². The van der Waals surface area contributed by atoms with Crippen LogP contribution in [0.3, 0.4) is 0 Å². The molecule has 0 amide bonds. The monoisotopic (exact) mass is 313 g/mol. The van der Waals surface area contributed by atoms with Crippen molar-refractivity contribution in [3.8, 4) is 0 Å². The van der Waals surface area contributed by atoms with Crippen LogP contribution in [0.2, 0.25) is 5.15 Å². The molecule has 1 aromatic heterocycles. The number of pyridine rings is 1. The first-order valence-electron chi connectivity index (χ1n) is 6.46. The smallest absolute Gasteiger partial charge is 0.158 e. The van der Waals surface area contributed by atoms with E-state index in [2.05, 4.69) is 9.98 Å². The highest BCUT2D eigenvalue weighted by Gasteiger charge is 2.14. The van der Waals surface area contributed by atoms with E-state index in [1.54, 1.807) is 20.4 Å². The molecule has 5 nitrogen and oxygen atoms in total. The van der Waals surface area contributed by atoms with E-state index in [0.29, 0.717) is 25.2 Å². The number of hydrogen-bond donors (Lipinski definition) is 0. The summed E-state index contributed by atoms with van der Waals surface area (Å²) >= 11 is 6.01. The molecule has 2 heterocycles. The molecule has 1 aromatic rings. The Balaban J connectivity index is 2.09. The molecule has 0 aromatic carbocycles. The number of hydrogen-bond acceptors (Lipinski definition) is 5. The van der Waals surface area contributed by atoms with Crippen molar-refractivity contribution in [1.29, 1.82) is 0 Å². The van der Waals surface area contributed by atoms with Gasteiger partial charge in [0.1, 0.15) is 17.6 Å². The highest BCUT2D eigenvalue weighted by atomic mass is 35.5. The second-order valence-electron chi connectivity index (χ2n) is 4.53. The van der Waals surface area contributed by atoms with Crippen molar-refractivity contribution in [3.63, 3.8) is 0 Å². The van der Waals surface area contributed by atoms with Gasteiger partial charge in [-0.2, -0.15) is 0 Å². The van der Waals surface area contributed by atoms with E-state index in [-0.39, 0.29) is 11.4 Å². The summed E-state index contributed by atoms with van der Waals surface area (Å²) in [4.78, 5) is 10.1. The van der Waals surface area contributed by atoms with Crippen molar-refractivity contribution < 1.29 is 13.9 Å². The Hall–Kier alpha value is -1.50. The number of rotatable bonds is 6. The van der Waals surface area contributed by atoms with Gasteiger partial charge in [0.15, 0.2) is 6.29 Å². The second kappa shape index (κ2) is 7.49. The van der Waals surface area contributed by atoms with Gasteiger partial charge in [-0.3, -0.25) is 4.99 Å². The van der Waals surface area contributed by atoms with Crippen molar-refractivity contribution in [2.45, 2.75) is 12.7 Å². The summed E-state index contributed by atoms with van der Waals surface area (Å²) in [6, 6.07) is 1.35. The van der Waals surface area contributed by atoms with E-state index in [1.807, 2.05) is 11.1 Å². The van der Waals surface area contributed by atoms with Gasteiger partial charge in [-0.25, -0.2) is 9.37 Å². The number of allylic oxidation sites excluding steroid dienone is 1. The first kappa shape index (κ1) is 15.9. The molecule has 7 heteroatoms. The molecule has 0 saturated carbocycles. The molecule has 0 atom stereocenters. The largest absolute Gasteiger partial charge is 0.358 e. The molecular formula is C14H17ClFN3O2. The van der Waals surface area contributed by atoms with Crippen LogP contribution < -0.4 is 0 Å². The summed E-state index contributed by atoms with van der Waals surface area (Å²) in [7, 11) is 3.20. The normalized spacial score (nSPS) is 14.7. The topological polar surface area (TPSA) is 47.0 Å². The summed E-state index contributed by atoms with van der Waals surface area (Å²) in [6.07, 6.45) is 5.08. The molecule has 1 aliphatic heterocycles. The Morgan fingerprint density at radius 3 is 2.90 bits per heavy atom. The summed E-state index contributed by atoms with van der Waals surface area (Å²) in [6.45, 7) is 1.23. The average molecular weight is 314 g/mol. The van der Waals surface area contributed by atoms with E-state index in [9.17, 15) is 4.39 Å². The van der Waals surface area contributed by atoms with Gasteiger partial charge in [-0.1, -0.05) is 11.6 Å². The van der Waals surface area contributed by atoms with Crippen molar-refractivity contribution in [2.75, 3.05) is 27.4 Å². The molecule has 0 N–H and O–H groups in total. The molecule has 0 aliphatic carbocycles. The molecule has 1 aliphatic rings. The van der Waals surface area contributed by atoms with Crippen molar-refractivity contribution in [3.05, 3.63) is 35.0 Å². The van der Waals surface area contributed by atoms with Gasteiger partial charge in [-0.15, -0.1) is 0 Å². The third-order valence-electron chi connectivity index (χ3n) is 3.11. The fourth-order valence-corrected chi connectivity index (χ4v) is 2.23. The Morgan fingerprint density at radius 2 is 2.19 bits per heavy atom. The van der Waals surface area contributed by atoms with Gasteiger partial charge >= 0.3 is 0 Å². The molecule has 114 valence electrons.